The molecule has 0 saturated heterocycles. The van der Waals surface area contributed by atoms with E-state index in [1.54, 1.807) is 13.2 Å². The molecular formula is C12H16F3NO. The topological polar surface area (TPSA) is 21.3 Å². The van der Waals surface area contributed by atoms with Crippen molar-refractivity contribution < 1.29 is 17.9 Å². The highest BCUT2D eigenvalue weighted by Crippen LogP contribution is 2.34. The Morgan fingerprint density at radius 1 is 1.29 bits per heavy atom. The fraction of sp³-hybridized carbons (Fsp3) is 0.500. The van der Waals surface area contributed by atoms with Gasteiger partial charge in [0, 0.05) is 25.4 Å². The van der Waals surface area contributed by atoms with Crippen LogP contribution in [0.25, 0.3) is 0 Å². The lowest BCUT2D eigenvalue weighted by Gasteiger charge is -2.19. The Balaban J connectivity index is 2.77. The van der Waals surface area contributed by atoms with Crippen LogP contribution in [-0.2, 0) is 10.9 Å². The maximum atomic E-state index is 12.7. The van der Waals surface area contributed by atoms with Gasteiger partial charge in [-0.25, -0.2) is 0 Å². The summed E-state index contributed by atoms with van der Waals surface area (Å²) in [5.74, 6) is 0. The van der Waals surface area contributed by atoms with Crippen LogP contribution in [-0.4, -0.2) is 19.8 Å². The second-order valence-corrected chi connectivity index (χ2v) is 3.87. The number of methoxy groups -OCH3 is 1. The molecule has 0 bridgehead atoms. The van der Waals surface area contributed by atoms with Gasteiger partial charge in [-0.3, -0.25) is 0 Å². The minimum absolute atomic E-state index is 0.0709. The second kappa shape index (κ2) is 5.91. The number of alkyl halides is 3. The van der Waals surface area contributed by atoms with Crippen molar-refractivity contribution in [2.45, 2.75) is 25.6 Å². The minimum Gasteiger partial charge on any atom is -0.385 e. The average molecular weight is 247 g/mol. The first-order valence-electron chi connectivity index (χ1n) is 5.37. The van der Waals surface area contributed by atoms with Gasteiger partial charge in [-0.15, -0.1) is 0 Å². The molecule has 1 aromatic carbocycles. The van der Waals surface area contributed by atoms with Crippen LogP contribution in [0.2, 0.25) is 0 Å². The number of anilines is 1. The molecule has 5 heteroatoms. The number of hydrogen-bond donors (Lipinski definition) is 1. The summed E-state index contributed by atoms with van der Waals surface area (Å²) in [7, 11) is 1.57. The Bertz CT molecular complexity index is 352. The third-order valence-corrected chi connectivity index (χ3v) is 2.39. The van der Waals surface area contributed by atoms with E-state index in [4.69, 9.17) is 4.74 Å². The third kappa shape index (κ3) is 4.26. The Labute approximate surface area is 98.8 Å². The Morgan fingerprint density at radius 2 is 1.94 bits per heavy atom. The molecule has 0 radical (unpaired) electrons. The van der Waals surface area contributed by atoms with Crippen LogP contribution in [0.15, 0.2) is 24.3 Å². The summed E-state index contributed by atoms with van der Waals surface area (Å²) in [6.07, 6.45) is -3.67. The lowest BCUT2D eigenvalue weighted by molar-refractivity contribution is -0.137. The molecule has 1 atom stereocenters. The van der Waals surface area contributed by atoms with Gasteiger partial charge >= 0.3 is 6.18 Å². The van der Waals surface area contributed by atoms with Crippen molar-refractivity contribution in [3.8, 4) is 0 Å². The first-order valence-corrected chi connectivity index (χ1v) is 5.37. The summed E-state index contributed by atoms with van der Waals surface area (Å²) in [5.41, 5.74) is -0.520. The number of nitrogens with one attached hydrogen (secondary N) is 1. The van der Waals surface area contributed by atoms with Gasteiger partial charge in [0.2, 0.25) is 0 Å². The van der Waals surface area contributed by atoms with Crippen LogP contribution >= 0.6 is 0 Å². The Kier molecular flexibility index (Phi) is 4.81. The number of para-hydroxylation sites is 1. The van der Waals surface area contributed by atoms with E-state index in [1.807, 2.05) is 6.92 Å². The molecule has 0 heterocycles. The minimum atomic E-state index is -4.33. The van der Waals surface area contributed by atoms with Crippen LogP contribution in [0, 0.1) is 0 Å². The van der Waals surface area contributed by atoms with E-state index in [0.29, 0.717) is 13.0 Å². The first kappa shape index (κ1) is 13.8. The molecule has 17 heavy (non-hydrogen) atoms. The normalized spacial score (nSPS) is 13.5. The molecule has 96 valence electrons. The third-order valence-electron chi connectivity index (χ3n) is 2.39. The molecule has 1 unspecified atom stereocenters. The van der Waals surface area contributed by atoms with E-state index in [1.165, 1.54) is 12.1 Å². The van der Waals surface area contributed by atoms with Crippen LogP contribution in [0.1, 0.15) is 18.9 Å². The fourth-order valence-electron chi connectivity index (χ4n) is 1.49. The van der Waals surface area contributed by atoms with E-state index in [0.717, 1.165) is 6.07 Å². The Hall–Kier alpha value is -1.23. The molecule has 0 aliphatic carbocycles. The molecule has 0 aliphatic rings. The van der Waals surface area contributed by atoms with Crippen LogP contribution < -0.4 is 5.32 Å². The quantitative estimate of drug-likeness (QED) is 0.859. The number of rotatable bonds is 5. The highest BCUT2D eigenvalue weighted by atomic mass is 19.4. The molecule has 1 rings (SSSR count). The van der Waals surface area contributed by atoms with Gasteiger partial charge in [0.15, 0.2) is 0 Å². The van der Waals surface area contributed by atoms with E-state index < -0.39 is 11.7 Å². The SMILES string of the molecule is COCCC(C)Nc1ccccc1C(F)(F)F. The summed E-state index contributed by atoms with van der Waals surface area (Å²) < 4.78 is 42.9. The smallest absolute Gasteiger partial charge is 0.385 e. The standard InChI is InChI=1S/C12H16F3NO/c1-9(7-8-17-2)16-11-6-4-3-5-10(11)12(13,14)15/h3-6,9,16H,7-8H2,1-2H3. The molecule has 0 spiro atoms. The van der Waals surface area contributed by atoms with Crippen molar-refractivity contribution in [3.05, 3.63) is 29.8 Å². The van der Waals surface area contributed by atoms with Crippen LogP contribution in [0.3, 0.4) is 0 Å². The molecule has 0 aliphatic heterocycles. The zero-order chi connectivity index (χ0) is 12.9. The van der Waals surface area contributed by atoms with Gasteiger partial charge in [-0.1, -0.05) is 12.1 Å². The van der Waals surface area contributed by atoms with Crippen molar-refractivity contribution in [2.75, 3.05) is 19.0 Å². The number of ether oxygens (including phenoxy) is 1. The van der Waals surface area contributed by atoms with Gasteiger partial charge in [0.1, 0.15) is 0 Å². The molecule has 0 fully saturated rings. The maximum absolute atomic E-state index is 12.7. The first-order chi connectivity index (χ1) is 7.95. The average Bonchev–Trinajstić information content (AvgIpc) is 2.25. The van der Waals surface area contributed by atoms with Crippen molar-refractivity contribution in [1.82, 2.24) is 0 Å². The number of halogens is 3. The van der Waals surface area contributed by atoms with Crippen molar-refractivity contribution in [3.63, 3.8) is 0 Å². The van der Waals surface area contributed by atoms with Crippen molar-refractivity contribution in [2.24, 2.45) is 0 Å². The van der Waals surface area contributed by atoms with Gasteiger partial charge in [-0.2, -0.15) is 13.2 Å². The molecule has 0 amide bonds. The number of benzene rings is 1. The summed E-state index contributed by atoms with van der Waals surface area (Å²) in [4.78, 5) is 0. The lowest BCUT2D eigenvalue weighted by Crippen LogP contribution is -2.20. The number of hydrogen-bond acceptors (Lipinski definition) is 2. The van der Waals surface area contributed by atoms with Gasteiger partial charge in [0.05, 0.1) is 5.56 Å². The summed E-state index contributed by atoms with van der Waals surface area (Å²) >= 11 is 0. The molecular weight excluding hydrogens is 231 g/mol. The lowest BCUT2D eigenvalue weighted by atomic mass is 10.1. The van der Waals surface area contributed by atoms with Gasteiger partial charge < -0.3 is 10.1 Å². The Morgan fingerprint density at radius 3 is 2.53 bits per heavy atom. The largest absolute Gasteiger partial charge is 0.418 e. The van der Waals surface area contributed by atoms with Crippen molar-refractivity contribution in [1.29, 1.82) is 0 Å². The van der Waals surface area contributed by atoms with Crippen molar-refractivity contribution >= 4 is 5.69 Å². The van der Waals surface area contributed by atoms with E-state index in [2.05, 4.69) is 5.32 Å². The summed E-state index contributed by atoms with van der Waals surface area (Å²) in [6.45, 7) is 2.34. The summed E-state index contributed by atoms with van der Waals surface area (Å²) in [6, 6.07) is 5.41. The van der Waals surface area contributed by atoms with Crippen LogP contribution in [0.4, 0.5) is 18.9 Å². The molecule has 0 saturated carbocycles. The predicted molar refractivity (Wildman–Crippen MR) is 61.0 cm³/mol. The second-order valence-electron chi connectivity index (χ2n) is 3.87. The maximum Gasteiger partial charge on any atom is 0.418 e. The molecule has 2 nitrogen and oxygen atoms in total. The summed E-state index contributed by atoms with van der Waals surface area (Å²) in [5, 5.41) is 2.85. The van der Waals surface area contributed by atoms with Gasteiger partial charge in [0.25, 0.3) is 0 Å². The molecule has 0 aromatic heterocycles. The fourth-order valence-corrected chi connectivity index (χ4v) is 1.49. The highest BCUT2D eigenvalue weighted by Gasteiger charge is 2.33. The monoisotopic (exact) mass is 247 g/mol. The van der Waals surface area contributed by atoms with E-state index >= 15 is 0 Å². The van der Waals surface area contributed by atoms with Crippen LogP contribution in [0.5, 0.6) is 0 Å². The molecule has 1 aromatic rings. The van der Waals surface area contributed by atoms with E-state index in [-0.39, 0.29) is 11.7 Å². The van der Waals surface area contributed by atoms with Gasteiger partial charge in [-0.05, 0) is 25.5 Å². The highest BCUT2D eigenvalue weighted by molar-refractivity contribution is 5.53. The molecule has 1 N–H and O–H groups in total. The zero-order valence-electron chi connectivity index (χ0n) is 9.84. The predicted octanol–water partition coefficient (Wildman–Crippen LogP) is 3.54. The zero-order valence-corrected chi connectivity index (χ0v) is 9.84. The van der Waals surface area contributed by atoms with E-state index in [9.17, 15) is 13.2 Å².